The quantitative estimate of drug-likeness (QED) is 0.805. The molecule has 0 spiro atoms. The third-order valence-electron chi connectivity index (χ3n) is 2.67. The average molecular weight is 207 g/mol. The molecule has 1 heterocycles. The zero-order valence-electron chi connectivity index (χ0n) is 9.02. The Kier molecular flexibility index (Phi) is 3.21. The van der Waals surface area contributed by atoms with Gasteiger partial charge in [0.05, 0.1) is 24.6 Å². The molecule has 3 heteroatoms. The third-order valence-corrected chi connectivity index (χ3v) is 2.67. The topological polar surface area (TPSA) is 42.4 Å². The van der Waals surface area contributed by atoms with Gasteiger partial charge in [-0.05, 0) is 37.3 Å². The van der Waals surface area contributed by atoms with Gasteiger partial charge in [-0.3, -0.25) is 4.98 Å². The van der Waals surface area contributed by atoms with Gasteiger partial charge >= 0.3 is 0 Å². The van der Waals surface area contributed by atoms with Crippen molar-refractivity contribution in [2.24, 2.45) is 5.92 Å². The largest absolute Gasteiger partial charge is 0.492 e. The van der Waals surface area contributed by atoms with E-state index in [0.717, 1.165) is 24.0 Å². The van der Waals surface area contributed by atoms with E-state index in [0.29, 0.717) is 6.42 Å². The first-order valence-electron chi connectivity index (χ1n) is 5.56. The molecule has 1 aliphatic rings. The second kappa shape index (κ2) is 4.62. The molecule has 1 aromatic rings. The van der Waals surface area contributed by atoms with Gasteiger partial charge in [-0.2, -0.15) is 0 Å². The van der Waals surface area contributed by atoms with Crippen LogP contribution in [0.25, 0.3) is 0 Å². The molecule has 0 saturated heterocycles. The first-order valence-corrected chi connectivity index (χ1v) is 5.56. The third kappa shape index (κ3) is 2.93. The van der Waals surface area contributed by atoms with Crippen molar-refractivity contribution in [1.29, 1.82) is 0 Å². The fourth-order valence-electron chi connectivity index (χ4n) is 1.38. The van der Waals surface area contributed by atoms with Crippen molar-refractivity contribution < 1.29 is 9.84 Å². The molecule has 1 atom stereocenters. The van der Waals surface area contributed by atoms with Gasteiger partial charge in [0.25, 0.3) is 0 Å². The van der Waals surface area contributed by atoms with Crippen LogP contribution in [0.4, 0.5) is 0 Å². The molecular formula is C12H17NO2. The lowest BCUT2D eigenvalue weighted by molar-refractivity contribution is 0.168. The minimum atomic E-state index is -0.456. The molecular weight excluding hydrogens is 190 g/mol. The van der Waals surface area contributed by atoms with Crippen LogP contribution in [0.3, 0.4) is 0 Å². The lowest BCUT2D eigenvalue weighted by Crippen LogP contribution is -2.01. The van der Waals surface area contributed by atoms with Gasteiger partial charge in [0, 0.05) is 0 Å². The Labute approximate surface area is 90.1 Å². The van der Waals surface area contributed by atoms with Gasteiger partial charge in [-0.15, -0.1) is 0 Å². The van der Waals surface area contributed by atoms with E-state index in [9.17, 15) is 5.11 Å². The van der Waals surface area contributed by atoms with Gasteiger partial charge in [-0.25, -0.2) is 0 Å². The Balaban J connectivity index is 1.90. The molecule has 1 unspecified atom stereocenters. The fourth-order valence-corrected chi connectivity index (χ4v) is 1.38. The normalized spacial score (nSPS) is 17.5. The van der Waals surface area contributed by atoms with Gasteiger partial charge in [0.2, 0.25) is 0 Å². The number of aliphatic hydroxyl groups excluding tert-OH is 1. The molecule has 2 rings (SSSR count). The molecule has 1 N–H and O–H groups in total. The number of rotatable bonds is 5. The summed E-state index contributed by atoms with van der Waals surface area (Å²) in [6.07, 6.45) is 4.51. The Morgan fingerprint density at radius 2 is 2.33 bits per heavy atom. The van der Waals surface area contributed by atoms with Gasteiger partial charge < -0.3 is 9.84 Å². The van der Waals surface area contributed by atoms with Crippen molar-refractivity contribution in [2.75, 3.05) is 6.61 Å². The smallest absolute Gasteiger partial charge is 0.137 e. The van der Waals surface area contributed by atoms with E-state index in [1.807, 2.05) is 19.1 Å². The van der Waals surface area contributed by atoms with E-state index in [-0.39, 0.29) is 0 Å². The molecule has 1 aromatic heterocycles. The zero-order chi connectivity index (χ0) is 10.7. The number of hydrogen-bond donors (Lipinski definition) is 1. The highest BCUT2D eigenvalue weighted by Gasteiger charge is 2.21. The summed E-state index contributed by atoms with van der Waals surface area (Å²) in [6.45, 7) is 2.74. The minimum Gasteiger partial charge on any atom is -0.492 e. The highest BCUT2D eigenvalue weighted by atomic mass is 16.5. The van der Waals surface area contributed by atoms with Crippen molar-refractivity contribution in [2.45, 2.75) is 32.3 Å². The Bertz CT molecular complexity index is 306. The van der Waals surface area contributed by atoms with Crippen LogP contribution < -0.4 is 4.74 Å². The summed E-state index contributed by atoms with van der Waals surface area (Å²) in [6, 6.07) is 3.71. The molecule has 82 valence electrons. The van der Waals surface area contributed by atoms with E-state index in [2.05, 4.69) is 4.98 Å². The summed E-state index contributed by atoms with van der Waals surface area (Å²) in [5, 5.41) is 9.54. The van der Waals surface area contributed by atoms with Crippen molar-refractivity contribution in [1.82, 2.24) is 4.98 Å². The molecule has 0 radical (unpaired) electrons. The number of nitrogens with zero attached hydrogens (tertiary/aromatic N) is 1. The number of aliphatic hydroxyl groups is 1. The van der Waals surface area contributed by atoms with Crippen LogP contribution in [0.2, 0.25) is 0 Å². The van der Waals surface area contributed by atoms with Crippen LogP contribution in [-0.2, 0) is 0 Å². The van der Waals surface area contributed by atoms with Gasteiger partial charge in [0.15, 0.2) is 0 Å². The summed E-state index contributed by atoms with van der Waals surface area (Å²) >= 11 is 0. The van der Waals surface area contributed by atoms with Crippen LogP contribution in [0.1, 0.15) is 38.0 Å². The summed E-state index contributed by atoms with van der Waals surface area (Å²) in [7, 11) is 0. The fraction of sp³-hybridized carbons (Fsp3) is 0.583. The molecule has 1 aliphatic carbocycles. The molecule has 0 amide bonds. The van der Waals surface area contributed by atoms with E-state index in [4.69, 9.17) is 4.74 Å². The Morgan fingerprint density at radius 1 is 1.53 bits per heavy atom. The first-order chi connectivity index (χ1) is 7.29. The van der Waals surface area contributed by atoms with Crippen molar-refractivity contribution >= 4 is 0 Å². The maximum absolute atomic E-state index is 9.54. The molecule has 0 aromatic carbocycles. The summed E-state index contributed by atoms with van der Waals surface area (Å²) in [4.78, 5) is 4.17. The van der Waals surface area contributed by atoms with Crippen molar-refractivity contribution in [3.63, 3.8) is 0 Å². The van der Waals surface area contributed by atoms with E-state index in [1.54, 1.807) is 6.20 Å². The van der Waals surface area contributed by atoms with E-state index >= 15 is 0 Å². The predicted molar refractivity (Wildman–Crippen MR) is 57.7 cm³/mol. The number of pyridine rings is 1. The van der Waals surface area contributed by atoms with Crippen molar-refractivity contribution in [3.8, 4) is 5.75 Å². The SMILES string of the molecule is CCC(O)c1ccc(OCC2CC2)cn1. The molecule has 1 fully saturated rings. The molecule has 0 bridgehead atoms. The maximum atomic E-state index is 9.54. The zero-order valence-corrected chi connectivity index (χ0v) is 9.02. The van der Waals surface area contributed by atoms with Crippen LogP contribution in [-0.4, -0.2) is 16.7 Å². The van der Waals surface area contributed by atoms with Crippen LogP contribution in [0.15, 0.2) is 18.3 Å². The van der Waals surface area contributed by atoms with E-state index < -0.39 is 6.10 Å². The molecule has 15 heavy (non-hydrogen) atoms. The number of ether oxygens (including phenoxy) is 1. The minimum absolute atomic E-state index is 0.456. The highest BCUT2D eigenvalue weighted by molar-refractivity contribution is 5.20. The van der Waals surface area contributed by atoms with Crippen molar-refractivity contribution in [3.05, 3.63) is 24.0 Å². The van der Waals surface area contributed by atoms with Crippen LogP contribution in [0.5, 0.6) is 5.75 Å². The number of hydrogen-bond acceptors (Lipinski definition) is 3. The highest BCUT2D eigenvalue weighted by Crippen LogP contribution is 2.29. The number of aromatic nitrogens is 1. The molecule has 1 saturated carbocycles. The lowest BCUT2D eigenvalue weighted by Gasteiger charge is -2.08. The maximum Gasteiger partial charge on any atom is 0.137 e. The Hall–Kier alpha value is -1.09. The van der Waals surface area contributed by atoms with Crippen LogP contribution in [0, 0.1) is 5.92 Å². The van der Waals surface area contributed by atoms with E-state index in [1.165, 1.54) is 12.8 Å². The summed E-state index contributed by atoms with van der Waals surface area (Å²) in [5.74, 6) is 1.56. The van der Waals surface area contributed by atoms with Gasteiger partial charge in [-0.1, -0.05) is 6.92 Å². The monoisotopic (exact) mass is 207 g/mol. The average Bonchev–Trinajstić information content (AvgIpc) is 3.10. The van der Waals surface area contributed by atoms with Gasteiger partial charge in [0.1, 0.15) is 5.75 Å². The summed E-state index contributed by atoms with van der Waals surface area (Å²) in [5.41, 5.74) is 0.719. The Morgan fingerprint density at radius 3 is 2.87 bits per heavy atom. The second-order valence-corrected chi connectivity index (χ2v) is 4.10. The molecule has 3 nitrogen and oxygen atoms in total. The van der Waals surface area contributed by atoms with Crippen LogP contribution >= 0.6 is 0 Å². The lowest BCUT2D eigenvalue weighted by atomic mass is 10.2. The standard InChI is InChI=1S/C12H17NO2/c1-2-12(14)11-6-5-10(7-13-11)15-8-9-3-4-9/h5-7,9,12,14H,2-4,8H2,1H3. The second-order valence-electron chi connectivity index (χ2n) is 4.10. The molecule has 0 aliphatic heterocycles. The summed E-state index contributed by atoms with van der Waals surface area (Å²) < 4.78 is 5.55. The first kappa shape index (κ1) is 10.4. The predicted octanol–water partition coefficient (Wildman–Crippen LogP) is 2.31.